The van der Waals surface area contributed by atoms with Gasteiger partial charge in [0.1, 0.15) is 11.6 Å². The number of hydrogen-bond acceptors (Lipinski definition) is 4. The van der Waals surface area contributed by atoms with E-state index in [1.54, 1.807) is 14.2 Å². The molecule has 2 saturated carbocycles. The molecule has 154 valence electrons. The quantitative estimate of drug-likeness (QED) is 0.772. The lowest BCUT2D eigenvalue weighted by atomic mass is 10.1. The zero-order chi connectivity index (χ0) is 20.3. The second-order valence-electron chi connectivity index (χ2n) is 7.53. The molecule has 2 N–H and O–H groups in total. The van der Waals surface area contributed by atoms with Crippen molar-refractivity contribution >= 4 is 23.2 Å². The van der Waals surface area contributed by atoms with Crippen LogP contribution in [0.1, 0.15) is 38.5 Å². The van der Waals surface area contributed by atoms with E-state index in [-0.39, 0.29) is 47.2 Å². The topological polar surface area (TPSA) is 76.7 Å². The summed E-state index contributed by atoms with van der Waals surface area (Å²) in [5.74, 6) is -2.99. The number of hydrogen-bond donors (Lipinski definition) is 2. The molecule has 0 spiro atoms. The highest BCUT2D eigenvalue weighted by atomic mass is 19.1. The molecular weight excluding hydrogens is 370 g/mol. The highest BCUT2D eigenvalue weighted by Gasteiger charge is 2.32. The standard InChI is InChI=1S/C20H26F2N2O4/c1-27-13-5-3-11(7-13)19(25)23-17-10-18(16(22)9-15(17)21)24-20(26)12-4-6-14(8-12)28-2/h9-14H,3-8H2,1-2H3,(H,23,25)(H,24,26). The first kappa shape index (κ1) is 20.7. The van der Waals surface area contributed by atoms with Crippen LogP contribution < -0.4 is 10.6 Å². The van der Waals surface area contributed by atoms with E-state index in [9.17, 15) is 18.4 Å². The van der Waals surface area contributed by atoms with Crippen LogP contribution in [0.25, 0.3) is 0 Å². The third-order valence-electron chi connectivity index (χ3n) is 5.75. The lowest BCUT2D eigenvalue weighted by molar-refractivity contribution is -0.120. The van der Waals surface area contributed by atoms with Crippen molar-refractivity contribution in [3.63, 3.8) is 0 Å². The van der Waals surface area contributed by atoms with Crippen molar-refractivity contribution in [3.05, 3.63) is 23.8 Å². The summed E-state index contributed by atoms with van der Waals surface area (Å²) in [6.45, 7) is 0. The van der Waals surface area contributed by atoms with Gasteiger partial charge >= 0.3 is 0 Å². The first-order valence-electron chi connectivity index (χ1n) is 9.57. The zero-order valence-electron chi connectivity index (χ0n) is 16.1. The Morgan fingerprint density at radius 1 is 0.821 bits per heavy atom. The number of nitrogens with one attached hydrogen (secondary N) is 2. The van der Waals surface area contributed by atoms with Crippen LogP contribution >= 0.6 is 0 Å². The molecule has 0 aliphatic heterocycles. The molecular formula is C20H26F2N2O4. The molecule has 0 bridgehead atoms. The Bertz CT molecular complexity index is 686. The fraction of sp³-hybridized carbons (Fsp3) is 0.600. The predicted octanol–water partition coefficient (Wildman–Crippen LogP) is 3.47. The maximum absolute atomic E-state index is 14.1. The summed E-state index contributed by atoms with van der Waals surface area (Å²) in [5.41, 5.74) is -0.299. The molecule has 8 heteroatoms. The molecule has 4 unspecified atom stereocenters. The van der Waals surface area contributed by atoms with Crippen molar-refractivity contribution in [3.8, 4) is 0 Å². The molecule has 2 aliphatic rings. The van der Waals surface area contributed by atoms with Crippen LogP contribution in [0.5, 0.6) is 0 Å². The summed E-state index contributed by atoms with van der Waals surface area (Å²) in [6.07, 6.45) is 4.01. The molecule has 0 aromatic heterocycles. The van der Waals surface area contributed by atoms with Gasteiger partial charge in [0.05, 0.1) is 23.6 Å². The minimum absolute atomic E-state index is 0.0194. The largest absolute Gasteiger partial charge is 0.381 e. The Balaban J connectivity index is 1.67. The minimum Gasteiger partial charge on any atom is -0.381 e. The van der Waals surface area contributed by atoms with Crippen molar-refractivity contribution in [1.82, 2.24) is 0 Å². The van der Waals surface area contributed by atoms with E-state index in [0.717, 1.165) is 18.9 Å². The van der Waals surface area contributed by atoms with Crippen LogP contribution in [0.3, 0.4) is 0 Å². The molecule has 1 aromatic rings. The van der Waals surface area contributed by atoms with Gasteiger partial charge in [-0.15, -0.1) is 0 Å². The van der Waals surface area contributed by atoms with Crippen LogP contribution in [0.15, 0.2) is 12.1 Å². The molecule has 4 atom stereocenters. The van der Waals surface area contributed by atoms with Gasteiger partial charge in [-0.05, 0) is 44.6 Å². The number of ether oxygens (including phenoxy) is 2. The van der Waals surface area contributed by atoms with E-state index < -0.39 is 11.6 Å². The molecule has 6 nitrogen and oxygen atoms in total. The highest BCUT2D eigenvalue weighted by molar-refractivity contribution is 5.96. The summed E-state index contributed by atoms with van der Waals surface area (Å²) in [5, 5.41) is 5.03. The normalized spacial score (nSPS) is 27.0. The van der Waals surface area contributed by atoms with Gasteiger partial charge in [0.25, 0.3) is 0 Å². The number of carbonyl (C=O) groups excluding carboxylic acids is 2. The SMILES string of the molecule is COC1CCC(C(=O)Nc2cc(NC(=O)C3CCC(OC)C3)c(F)cc2F)C1. The number of anilines is 2. The molecule has 28 heavy (non-hydrogen) atoms. The number of methoxy groups -OCH3 is 2. The summed E-state index contributed by atoms with van der Waals surface area (Å²) < 4.78 is 38.8. The summed E-state index contributed by atoms with van der Waals surface area (Å²) in [7, 11) is 3.19. The average Bonchev–Trinajstić information content (AvgIpc) is 3.34. The summed E-state index contributed by atoms with van der Waals surface area (Å²) >= 11 is 0. The van der Waals surface area contributed by atoms with Gasteiger partial charge in [0, 0.05) is 32.1 Å². The van der Waals surface area contributed by atoms with Gasteiger partial charge in [-0.3, -0.25) is 9.59 Å². The highest BCUT2D eigenvalue weighted by Crippen LogP contribution is 2.32. The van der Waals surface area contributed by atoms with Crippen molar-refractivity contribution in [2.24, 2.45) is 11.8 Å². The molecule has 0 saturated heterocycles. The summed E-state index contributed by atoms with van der Waals surface area (Å²) in [4.78, 5) is 24.8. The van der Waals surface area contributed by atoms with E-state index in [1.165, 1.54) is 0 Å². The molecule has 1 aromatic carbocycles. The average molecular weight is 396 g/mol. The van der Waals surface area contributed by atoms with Crippen LogP contribution in [0, 0.1) is 23.5 Å². The van der Waals surface area contributed by atoms with Gasteiger partial charge in [-0.25, -0.2) is 8.78 Å². The Hall–Kier alpha value is -2.06. The van der Waals surface area contributed by atoms with Gasteiger partial charge in [-0.2, -0.15) is 0 Å². The van der Waals surface area contributed by atoms with E-state index in [4.69, 9.17) is 9.47 Å². The fourth-order valence-electron chi connectivity index (χ4n) is 3.99. The first-order chi connectivity index (χ1) is 13.4. The van der Waals surface area contributed by atoms with E-state index >= 15 is 0 Å². The fourth-order valence-corrected chi connectivity index (χ4v) is 3.99. The van der Waals surface area contributed by atoms with Gasteiger partial charge in [0.2, 0.25) is 11.8 Å². The van der Waals surface area contributed by atoms with Crippen molar-refractivity contribution in [2.45, 2.75) is 50.7 Å². The third-order valence-corrected chi connectivity index (χ3v) is 5.75. The zero-order valence-corrected chi connectivity index (χ0v) is 16.1. The maximum atomic E-state index is 14.1. The van der Waals surface area contributed by atoms with Gasteiger partial charge in [-0.1, -0.05) is 0 Å². The Morgan fingerprint density at radius 3 is 1.61 bits per heavy atom. The number of rotatable bonds is 6. The van der Waals surface area contributed by atoms with Gasteiger partial charge < -0.3 is 20.1 Å². The Morgan fingerprint density at radius 2 is 1.25 bits per heavy atom. The minimum atomic E-state index is -0.884. The molecule has 2 amide bonds. The molecule has 0 heterocycles. The third kappa shape index (κ3) is 4.67. The smallest absolute Gasteiger partial charge is 0.227 e. The molecule has 2 fully saturated rings. The number of halogens is 2. The Kier molecular flexibility index (Phi) is 6.61. The first-order valence-corrected chi connectivity index (χ1v) is 9.57. The predicted molar refractivity (Wildman–Crippen MR) is 99.9 cm³/mol. The summed E-state index contributed by atoms with van der Waals surface area (Å²) in [6, 6.07) is 1.80. The number of benzene rings is 1. The lowest BCUT2D eigenvalue weighted by Gasteiger charge is -2.15. The molecule has 2 aliphatic carbocycles. The van der Waals surface area contributed by atoms with Crippen molar-refractivity contribution < 1.29 is 27.8 Å². The monoisotopic (exact) mass is 396 g/mol. The lowest BCUT2D eigenvalue weighted by Crippen LogP contribution is -2.24. The Labute approximate surface area is 163 Å². The molecule has 0 radical (unpaired) electrons. The van der Waals surface area contributed by atoms with Gasteiger partial charge in [0.15, 0.2) is 0 Å². The van der Waals surface area contributed by atoms with Crippen LogP contribution in [-0.2, 0) is 19.1 Å². The number of amides is 2. The van der Waals surface area contributed by atoms with Crippen LogP contribution in [-0.4, -0.2) is 38.2 Å². The second kappa shape index (κ2) is 8.96. The second-order valence-corrected chi connectivity index (χ2v) is 7.53. The van der Waals surface area contributed by atoms with Crippen LogP contribution in [0.4, 0.5) is 20.2 Å². The van der Waals surface area contributed by atoms with Crippen molar-refractivity contribution in [2.75, 3.05) is 24.9 Å². The molecule has 3 rings (SSSR count). The van der Waals surface area contributed by atoms with E-state index in [1.807, 2.05) is 0 Å². The van der Waals surface area contributed by atoms with Crippen LogP contribution in [0.2, 0.25) is 0 Å². The van der Waals surface area contributed by atoms with E-state index in [0.29, 0.717) is 31.7 Å². The van der Waals surface area contributed by atoms with Crippen molar-refractivity contribution in [1.29, 1.82) is 0 Å². The number of carbonyl (C=O) groups is 2. The maximum Gasteiger partial charge on any atom is 0.227 e. The van der Waals surface area contributed by atoms with E-state index in [2.05, 4.69) is 10.6 Å².